The van der Waals surface area contributed by atoms with Gasteiger partial charge in [0.1, 0.15) is 5.82 Å². The molecule has 8 heteroatoms. The fraction of sp³-hybridized carbons (Fsp3) is 0.643. The molecule has 2 rings (SSSR count). The van der Waals surface area contributed by atoms with Gasteiger partial charge < -0.3 is 0 Å². The molecule has 0 bridgehead atoms. The first kappa shape index (κ1) is 30.6. The molecule has 0 atom stereocenters. The van der Waals surface area contributed by atoms with Crippen LogP contribution in [0.15, 0.2) is 24.3 Å². The number of rotatable bonds is 16. The predicted octanol–water partition coefficient (Wildman–Crippen LogP) is 8.09. The largest absolute Gasteiger partial charge is 0.251 e. The molecule has 0 unspecified atom stereocenters. The quantitative estimate of drug-likeness (QED) is 0.219. The van der Waals surface area contributed by atoms with Crippen LogP contribution in [0, 0.1) is 5.82 Å². The molecule has 1 aromatic carbocycles. The van der Waals surface area contributed by atoms with Crippen molar-refractivity contribution in [3.8, 4) is 11.3 Å². The molecule has 0 saturated carbocycles. The molecule has 0 spiro atoms. The second-order valence-corrected chi connectivity index (χ2v) is 16.5. The maximum absolute atomic E-state index is 13.8. The summed E-state index contributed by atoms with van der Waals surface area (Å²) >= 11 is 0. The Balaban J connectivity index is 2.77. The Morgan fingerprint density at radius 2 is 1.42 bits per heavy atom. The zero-order valence-electron chi connectivity index (χ0n) is 23.1. The van der Waals surface area contributed by atoms with Gasteiger partial charge in [0.15, 0.2) is 0 Å². The monoisotopic (exact) mass is 538 g/mol. The van der Waals surface area contributed by atoms with Crippen LogP contribution in [-0.2, 0) is 16.2 Å². The Morgan fingerprint density at radius 3 is 1.86 bits per heavy atom. The van der Waals surface area contributed by atoms with Crippen molar-refractivity contribution >= 4 is 23.2 Å². The third kappa shape index (κ3) is 8.76. The van der Waals surface area contributed by atoms with Crippen LogP contribution < -0.4 is 4.72 Å². The highest BCUT2D eigenvalue weighted by Gasteiger charge is 2.38. The van der Waals surface area contributed by atoms with Crippen molar-refractivity contribution in [3.63, 3.8) is 0 Å². The summed E-state index contributed by atoms with van der Waals surface area (Å²) in [6.45, 7) is 12.6. The lowest BCUT2D eigenvalue weighted by Gasteiger charge is -2.30. The minimum atomic E-state index is -3.53. The van der Waals surface area contributed by atoms with Crippen molar-refractivity contribution in [1.82, 2.24) is 9.97 Å². The van der Waals surface area contributed by atoms with E-state index < -0.39 is 17.3 Å². The van der Waals surface area contributed by atoms with Gasteiger partial charge in [0, 0.05) is 18.4 Å². The Kier molecular flexibility index (Phi) is 12.2. The molecular weight excluding hydrogens is 492 g/mol. The van der Waals surface area contributed by atoms with Crippen LogP contribution >= 0.6 is 7.26 Å². The first-order chi connectivity index (χ1) is 17.1. The van der Waals surface area contributed by atoms with E-state index in [1.165, 1.54) is 69.1 Å². The summed E-state index contributed by atoms with van der Waals surface area (Å²) < 4.78 is 41.1. The minimum Gasteiger partial charge on any atom is -0.251 e. The van der Waals surface area contributed by atoms with Crippen molar-refractivity contribution in [2.24, 2.45) is 0 Å². The number of halogens is 1. The van der Waals surface area contributed by atoms with Gasteiger partial charge in [-0.1, -0.05) is 53.9 Å². The molecule has 1 heterocycles. The molecule has 0 saturated heterocycles. The van der Waals surface area contributed by atoms with Crippen molar-refractivity contribution < 1.29 is 12.8 Å². The smallest absolute Gasteiger partial charge is 0.237 e. The molecule has 1 aromatic heterocycles. The summed E-state index contributed by atoms with van der Waals surface area (Å²) in [5.74, 6) is -0.164. The lowest BCUT2D eigenvalue weighted by molar-refractivity contribution is 0.602. The number of sulfonamides is 1. The normalized spacial score (nSPS) is 12.3. The van der Waals surface area contributed by atoms with Gasteiger partial charge in [0.2, 0.25) is 16.0 Å². The van der Waals surface area contributed by atoms with Gasteiger partial charge in [-0.05, 0) is 56.4 Å². The van der Waals surface area contributed by atoms with E-state index in [-0.39, 0.29) is 23.4 Å². The average Bonchev–Trinajstić information content (AvgIpc) is 2.85. The molecule has 5 nitrogen and oxygen atoms in total. The molecule has 2 aromatic rings. The number of nitrogens with one attached hydrogen (secondary N) is 1. The van der Waals surface area contributed by atoms with Gasteiger partial charge >= 0.3 is 0 Å². The van der Waals surface area contributed by atoms with Crippen molar-refractivity contribution in [2.45, 2.75) is 92.1 Å². The summed E-state index contributed by atoms with van der Waals surface area (Å²) in [5, 5.41) is 0. The summed E-state index contributed by atoms with van der Waals surface area (Å²) in [6, 6.07) is 6.38. The van der Waals surface area contributed by atoms with Crippen molar-refractivity contribution in [2.75, 3.05) is 29.0 Å². The minimum absolute atomic E-state index is 0.0549. The lowest BCUT2D eigenvalue weighted by Crippen LogP contribution is -2.20. The maximum Gasteiger partial charge on any atom is 0.237 e. The van der Waals surface area contributed by atoms with Gasteiger partial charge in [0.25, 0.3) is 0 Å². The van der Waals surface area contributed by atoms with E-state index in [1.807, 2.05) is 0 Å². The number of nitrogens with zero attached hydrogens (tertiary/aromatic N) is 2. The Labute approximate surface area is 219 Å². The first-order valence-corrected chi connectivity index (χ1v) is 17.8. The molecular formula is C28H46FN3O2PS+. The van der Waals surface area contributed by atoms with E-state index >= 15 is 0 Å². The molecule has 1 N–H and O–H groups in total. The highest BCUT2D eigenvalue weighted by atomic mass is 32.2. The van der Waals surface area contributed by atoms with Crippen LogP contribution in [-0.4, -0.2) is 42.6 Å². The Bertz CT molecular complexity index is 1040. The van der Waals surface area contributed by atoms with Crippen molar-refractivity contribution in [3.05, 3.63) is 41.3 Å². The standard InChI is InChI=1S/C28H46FN3O2PS/c1-7-11-18-35(19-12-8-2,20-13-9-3)21-25-26(22(5)6)30-28(32-36(33,34)10-4)31-27(25)23-14-16-24(29)17-15-23/h14-17,22H,7-13,18-21H2,1-6H3,(H,30,31,32)/q+1. The zero-order chi connectivity index (χ0) is 26.8. The first-order valence-electron chi connectivity index (χ1n) is 13.6. The van der Waals surface area contributed by atoms with E-state index in [2.05, 4.69) is 39.3 Å². The molecule has 0 radical (unpaired) electrons. The van der Waals surface area contributed by atoms with Crippen LogP contribution in [0.25, 0.3) is 11.3 Å². The van der Waals surface area contributed by atoms with Crippen LogP contribution in [0.5, 0.6) is 0 Å². The molecule has 36 heavy (non-hydrogen) atoms. The highest BCUT2D eigenvalue weighted by molar-refractivity contribution is 7.92. The van der Waals surface area contributed by atoms with E-state index in [0.717, 1.165) is 28.7 Å². The van der Waals surface area contributed by atoms with Crippen LogP contribution in [0.1, 0.15) is 97.2 Å². The van der Waals surface area contributed by atoms with E-state index in [4.69, 9.17) is 9.97 Å². The van der Waals surface area contributed by atoms with Gasteiger partial charge in [-0.15, -0.1) is 0 Å². The van der Waals surface area contributed by atoms with E-state index in [1.54, 1.807) is 19.1 Å². The molecule has 0 aliphatic carbocycles. The molecule has 0 fully saturated rings. The van der Waals surface area contributed by atoms with Crippen LogP contribution in [0.3, 0.4) is 0 Å². The third-order valence-corrected chi connectivity index (χ3v) is 12.8. The van der Waals surface area contributed by atoms with Gasteiger partial charge in [-0.3, -0.25) is 4.72 Å². The summed E-state index contributed by atoms with van der Waals surface area (Å²) in [5.41, 5.74) is 3.54. The number of hydrogen-bond acceptors (Lipinski definition) is 4. The lowest BCUT2D eigenvalue weighted by atomic mass is 9.99. The van der Waals surface area contributed by atoms with Crippen LogP contribution in [0.4, 0.5) is 10.3 Å². The fourth-order valence-electron chi connectivity index (χ4n) is 4.63. The van der Waals surface area contributed by atoms with E-state index in [0.29, 0.717) is 0 Å². The fourth-order valence-corrected chi connectivity index (χ4v) is 10.2. The summed E-state index contributed by atoms with van der Waals surface area (Å²) in [4.78, 5) is 9.54. The Hall–Kier alpha value is -1.59. The topological polar surface area (TPSA) is 72.0 Å². The molecule has 202 valence electrons. The highest BCUT2D eigenvalue weighted by Crippen LogP contribution is 2.64. The van der Waals surface area contributed by atoms with Gasteiger partial charge in [0.05, 0.1) is 41.8 Å². The number of hydrogen-bond donors (Lipinski definition) is 1. The molecule has 0 amide bonds. The summed E-state index contributed by atoms with van der Waals surface area (Å²) in [7, 11) is -4.88. The second-order valence-electron chi connectivity index (χ2n) is 10.2. The maximum atomic E-state index is 13.8. The van der Waals surface area contributed by atoms with Gasteiger partial charge in [-0.2, -0.15) is 0 Å². The number of aromatic nitrogens is 2. The SMILES string of the molecule is CCCC[P+](CCCC)(CCCC)Cc1c(-c2ccc(F)cc2)nc(NS(=O)(=O)CC)nc1C(C)C. The van der Waals surface area contributed by atoms with Crippen LogP contribution in [0.2, 0.25) is 0 Å². The molecule has 0 aliphatic rings. The van der Waals surface area contributed by atoms with Crippen molar-refractivity contribution in [1.29, 1.82) is 0 Å². The Morgan fingerprint density at radius 1 is 0.889 bits per heavy atom. The average molecular weight is 539 g/mol. The predicted molar refractivity (Wildman–Crippen MR) is 155 cm³/mol. The molecule has 0 aliphatic heterocycles. The second kappa shape index (κ2) is 14.4. The third-order valence-electron chi connectivity index (χ3n) is 6.78. The van der Waals surface area contributed by atoms with E-state index in [9.17, 15) is 12.8 Å². The summed E-state index contributed by atoms with van der Waals surface area (Å²) in [6.07, 6.45) is 11.9. The van der Waals surface area contributed by atoms with Gasteiger partial charge in [-0.25, -0.2) is 22.8 Å². The number of benzene rings is 1. The number of anilines is 1. The number of unbranched alkanes of at least 4 members (excludes halogenated alkanes) is 3. The zero-order valence-corrected chi connectivity index (χ0v) is 24.8.